The summed E-state index contributed by atoms with van der Waals surface area (Å²) in [5.74, 6) is 0.399. The second kappa shape index (κ2) is 4.63. The Labute approximate surface area is 107 Å². The first kappa shape index (κ1) is 12.1. The molecule has 2 aliphatic carbocycles. The first-order chi connectivity index (χ1) is 8.63. The van der Waals surface area contributed by atoms with Crippen LogP contribution in [0, 0.1) is 16.0 Å². The van der Waals surface area contributed by atoms with Gasteiger partial charge in [0.05, 0.1) is 6.10 Å². The van der Waals surface area contributed by atoms with Gasteiger partial charge in [-0.25, -0.2) is 0 Å². The van der Waals surface area contributed by atoms with Crippen molar-refractivity contribution in [3.8, 4) is 0 Å². The molecule has 3 unspecified atom stereocenters. The number of rotatable bonds is 3. The van der Waals surface area contributed by atoms with Crippen LogP contribution in [0.5, 0.6) is 0 Å². The molecular formula is C13H20N2O3. The molecule has 0 spiro atoms. The van der Waals surface area contributed by atoms with E-state index < -0.39 is 6.04 Å². The Hall–Kier alpha value is -0.940. The van der Waals surface area contributed by atoms with Gasteiger partial charge in [-0.2, -0.15) is 0 Å². The van der Waals surface area contributed by atoms with Gasteiger partial charge in [-0.1, -0.05) is 5.57 Å². The van der Waals surface area contributed by atoms with E-state index in [0.717, 1.165) is 32.4 Å². The molecule has 1 heterocycles. The highest BCUT2D eigenvalue weighted by molar-refractivity contribution is 5.19. The average molecular weight is 252 g/mol. The van der Waals surface area contributed by atoms with Crippen molar-refractivity contribution < 1.29 is 9.66 Å². The Bertz CT molecular complexity index is 378. The number of ether oxygens (including phenoxy) is 1. The van der Waals surface area contributed by atoms with E-state index in [1.165, 1.54) is 5.57 Å². The van der Waals surface area contributed by atoms with Gasteiger partial charge >= 0.3 is 0 Å². The topological polar surface area (TPSA) is 55.6 Å². The molecule has 3 atom stereocenters. The van der Waals surface area contributed by atoms with Gasteiger partial charge in [-0.05, 0) is 44.8 Å². The third-order valence-corrected chi connectivity index (χ3v) is 4.26. The van der Waals surface area contributed by atoms with Gasteiger partial charge in [0.25, 0.3) is 0 Å². The van der Waals surface area contributed by atoms with E-state index in [4.69, 9.17) is 4.74 Å². The smallest absolute Gasteiger partial charge is 0.243 e. The molecule has 1 saturated heterocycles. The van der Waals surface area contributed by atoms with Crippen molar-refractivity contribution in [3.63, 3.8) is 0 Å². The summed E-state index contributed by atoms with van der Waals surface area (Å²) in [6, 6.07) is -0.539. The van der Waals surface area contributed by atoms with Crippen molar-refractivity contribution in [1.82, 2.24) is 4.90 Å². The van der Waals surface area contributed by atoms with Gasteiger partial charge in [0.15, 0.2) is 0 Å². The molecule has 3 rings (SSSR count). The second-order valence-corrected chi connectivity index (χ2v) is 5.85. The van der Waals surface area contributed by atoms with Gasteiger partial charge < -0.3 is 9.64 Å². The Morgan fingerprint density at radius 2 is 2.22 bits per heavy atom. The predicted octanol–water partition coefficient (Wildman–Crippen LogP) is 1.46. The Morgan fingerprint density at radius 1 is 1.44 bits per heavy atom. The van der Waals surface area contributed by atoms with Crippen molar-refractivity contribution in [2.75, 3.05) is 20.1 Å². The summed E-state index contributed by atoms with van der Waals surface area (Å²) >= 11 is 0. The van der Waals surface area contributed by atoms with Gasteiger partial charge in [0.1, 0.15) is 6.10 Å². The summed E-state index contributed by atoms with van der Waals surface area (Å²) in [5, 5.41) is 11.2. The van der Waals surface area contributed by atoms with Crippen LogP contribution in [0.4, 0.5) is 0 Å². The van der Waals surface area contributed by atoms with Crippen molar-refractivity contribution in [1.29, 1.82) is 0 Å². The fourth-order valence-corrected chi connectivity index (χ4v) is 3.05. The summed E-state index contributed by atoms with van der Waals surface area (Å²) in [7, 11) is 2.10. The maximum Gasteiger partial charge on any atom is 0.243 e. The normalized spacial score (nSPS) is 36.9. The Balaban J connectivity index is 1.78. The standard InChI is InChI=1S/C13H20N2O3/c1-14-5-4-9-6-12(15(16)17)13(7-10(9)8-14)18-11-2-3-11/h7,9,11-13H,2-6,8H2,1H3. The zero-order chi connectivity index (χ0) is 12.7. The average Bonchev–Trinajstić information content (AvgIpc) is 3.11. The lowest BCUT2D eigenvalue weighted by molar-refractivity contribution is -0.536. The Kier molecular flexibility index (Phi) is 3.11. The first-order valence-corrected chi connectivity index (χ1v) is 6.81. The molecule has 2 fully saturated rings. The zero-order valence-corrected chi connectivity index (χ0v) is 10.7. The molecule has 100 valence electrons. The molecule has 0 radical (unpaired) electrons. The molecule has 1 saturated carbocycles. The van der Waals surface area contributed by atoms with Crippen LogP contribution in [0.25, 0.3) is 0 Å². The second-order valence-electron chi connectivity index (χ2n) is 5.85. The van der Waals surface area contributed by atoms with E-state index in [1.807, 2.05) is 0 Å². The monoisotopic (exact) mass is 252 g/mol. The largest absolute Gasteiger partial charge is 0.364 e. The quantitative estimate of drug-likeness (QED) is 0.433. The number of nitro groups is 1. The van der Waals surface area contributed by atoms with Gasteiger partial charge in [0.2, 0.25) is 6.04 Å². The lowest BCUT2D eigenvalue weighted by Crippen LogP contribution is -2.44. The number of fused-ring (bicyclic) bond motifs is 1. The number of likely N-dealkylation sites (N-methyl/N-ethyl adjacent to an activating group) is 1. The fraction of sp³-hybridized carbons (Fsp3) is 0.846. The minimum atomic E-state index is -0.539. The molecular weight excluding hydrogens is 232 g/mol. The summed E-state index contributed by atoms with van der Waals surface area (Å²) < 4.78 is 5.82. The molecule has 1 aliphatic heterocycles. The van der Waals surface area contributed by atoms with Crippen molar-refractivity contribution in [2.24, 2.45) is 5.92 Å². The van der Waals surface area contributed by atoms with Crippen LogP contribution in [0.2, 0.25) is 0 Å². The van der Waals surface area contributed by atoms with Crippen molar-refractivity contribution in [3.05, 3.63) is 21.8 Å². The van der Waals surface area contributed by atoms with E-state index >= 15 is 0 Å². The highest BCUT2D eigenvalue weighted by Crippen LogP contribution is 2.36. The minimum Gasteiger partial charge on any atom is -0.364 e. The summed E-state index contributed by atoms with van der Waals surface area (Å²) in [6.07, 6.45) is 5.85. The van der Waals surface area contributed by atoms with Gasteiger partial charge in [-0.3, -0.25) is 10.1 Å². The number of likely N-dealkylation sites (tertiary alicyclic amines) is 1. The van der Waals surface area contributed by atoms with Crippen LogP contribution in [0.3, 0.4) is 0 Å². The molecule has 0 aromatic rings. The van der Waals surface area contributed by atoms with Crippen LogP contribution < -0.4 is 0 Å². The van der Waals surface area contributed by atoms with Crippen LogP contribution in [-0.2, 0) is 4.74 Å². The molecule has 3 aliphatic rings. The maximum atomic E-state index is 11.2. The van der Waals surface area contributed by atoms with Gasteiger partial charge in [-0.15, -0.1) is 0 Å². The minimum absolute atomic E-state index is 0.140. The maximum absolute atomic E-state index is 11.2. The number of hydrogen-bond donors (Lipinski definition) is 0. The van der Waals surface area contributed by atoms with E-state index in [0.29, 0.717) is 12.3 Å². The van der Waals surface area contributed by atoms with E-state index in [1.54, 1.807) is 0 Å². The molecule has 0 N–H and O–H groups in total. The van der Waals surface area contributed by atoms with Crippen LogP contribution in [0.15, 0.2) is 11.6 Å². The first-order valence-electron chi connectivity index (χ1n) is 6.81. The summed E-state index contributed by atoms with van der Waals surface area (Å²) in [6.45, 7) is 1.99. The SMILES string of the molecule is CN1CCC2CC([N+](=O)[O-])C(OC3CC3)C=C2C1. The Morgan fingerprint density at radius 3 is 2.89 bits per heavy atom. The van der Waals surface area contributed by atoms with Crippen molar-refractivity contribution in [2.45, 2.75) is 43.9 Å². The summed E-state index contributed by atoms with van der Waals surface area (Å²) in [4.78, 5) is 13.3. The molecule has 0 bridgehead atoms. The molecule has 5 nitrogen and oxygen atoms in total. The highest BCUT2D eigenvalue weighted by atomic mass is 16.6. The number of hydrogen-bond acceptors (Lipinski definition) is 4. The lowest BCUT2D eigenvalue weighted by Gasteiger charge is -2.37. The zero-order valence-electron chi connectivity index (χ0n) is 10.7. The molecule has 5 heteroatoms. The molecule has 18 heavy (non-hydrogen) atoms. The summed E-state index contributed by atoms with van der Waals surface area (Å²) in [5.41, 5.74) is 1.35. The van der Waals surface area contributed by atoms with Crippen molar-refractivity contribution >= 4 is 0 Å². The fourth-order valence-electron chi connectivity index (χ4n) is 3.05. The predicted molar refractivity (Wildman–Crippen MR) is 67.0 cm³/mol. The number of piperidine rings is 1. The lowest BCUT2D eigenvalue weighted by atomic mass is 9.79. The molecule has 0 aromatic heterocycles. The van der Waals surface area contributed by atoms with Gasteiger partial charge in [0, 0.05) is 17.9 Å². The third-order valence-electron chi connectivity index (χ3n) is 4.26. The van der Waals surface area contributed by atoms with Crippen LogP contribution in [-0.4, -0.2) is 48.2 Å². The highest BCUT2D eigenvalue weighted by Gasteiger charge is 2.42. The van der Waals surface area contributed by atoms with E-state index in [-0.39, 0.29) is 17.1 Å². The van der Waals surface area contributed by atoms with E-state index in [2.05, 4.69) is 18.0 Å². The third kappa shape index (κ3) is 2.42. The number of nitrogens with zero attached hydrogens (tertiary/aromatic N) is 2. The van der Waals surface area contributed by atoms with Crippen LogP contribution in [0.1, 0.15) is 25.7 Å². The molecule has 0 aromatic carbocycles. The van der Waals surface area contributed by atoms with E-state index in [9.17, 15) is 10.1 Å². The molecule has 0 amide bonds. The van der Waals surface area contributed by atoms with Crippen LogP contribution >= 0.6 is 0 Å².